The van der Waals surface area contributed by atoms with Crippen molar-refractivity contribution in [1.29, 1.82) is 0 Å². The van der Waals surface area contributed by atoms with E-state index in [-0.39, 0.29) is 0 Å². The molecule has 0 aliphatic carbocycles. The van der Waals surface area contributed by atoms with Crippen LogP contribution in [-0.4, -0.2) is 26.0 Å². The van der Waals surface area contributed by atoms with Gasteiger partial charge in [0.2, 0.25) is 0 Å². The second kappa shape index (κ2) is 9.02. The summed E-state index contributed by atoms with van der Waals surface area (Å²) in [7, 11) is 1.71. The maximum atomic E-state index is 6.66. The second-order valence-electron chi connectivity index (χ2n) is 6.91. The molecule has 1 aliphatic heterocycles. The molecule has 0 saturated carbocycles. The van der Waals surface area contributed by atoms with Gasteiger partial charge in [-0.2, -0.15) is 0 Å². The number of amidine groups is 1. The number of ether oxygens (including phenoxy) is 1. The first-order chi connectivity index (χ1) is 14.2. The zero-order chi connectivity index (χ0) is 20.2. The minimum Gasteiger partial charge on any atom is -0.496 e. The summed E-state index contributed by atoms with van der Waals surface area (Å²) in [4.78, 5) is 7.09. The predicted molar refractivity (Wildman–Crippen MR) is 125 cm³/mol. The molecule has 3 nitrogen and oxygen atoms in total. The van der Waals surface area contributed by atoms with E-state index < -0.39 is 0 Å². The van der Waals surface area contributed by atoms with Gasteiger partial charge in [0.1, 0.15) is 11.6 Å². The van der Waals surface area contributed by atoms with Crippen LogP contribution in [0.25, 0.3) is 0 Å². The zero-order valence-corrected chi connectivity index (χ0v) is 18.6. The van der Waals surface area contributed by atoms with Crippen molar-refractivity contribution in [3.63, 3.8) is 0 Å². The number of aliphatic imine (C=N–C) groups is 1. The van der Waals surface area contributed by atoms with Crippen LogP contribution < -0.4 is 9.64 Å². The zero-order valence-electron chi connectivity index (χ0n) is 16.2. The molecule has 0 spiro atoms. The lowest BCUT2D eigenvalue weighted by atomic mass is 9.98. The normalized spacial score (nSPS) is 13.5. The van der Waals surface area contributed by atoms with Gasteiger partial charge in [0.15, 0.2) is 0 Å². The van der Waals surface area contributed by atoms with Gasteiger partial charge in [-0.05, 0) is 60.4 Å². The lowest BCUT2D eigenvalue weighted by molar-refractivity contribution is 0.409. The molecule has 0 aromatic heterocycles. The third-order valence-electron chi connectivity index (χ3n) is 5.16. The molecular formula is C24H22BrClN2O. The average Bonchev–Trinajstić information content (AvgIpc) is 3.23. The monoisotopic (exact) mass is 468 g/mol. The number of para-hydroxylation sites is 1. The molecule has 1 aliphatic rings. The lowest BCUT2D eigenvalue weighted by Crippen LogP contribution is -2.29. The van der Waals surface area contributed by atoms with Crippen LogP contribution in [0.3, 0.4) is 0 Å². The highest BCUT2D eigenvalue weighted by Crippen LogP contribution is 2.30. The molecule has 0 saturated heterocycles. The van der Waals surface area contributed by atoms with Crippen LogP contribution in [0.15, 0.2) is 76.2 Å². The number of anilines is 1. The van der Waals surface area contributed by atoms with Crippen molar-refractivity contribution in [2.45, 2.75) is 12.8 Å². The van der Waals surface area contributed by atoms with Gasteiger partial charge >= 0.3 is 0 Å². The maximum Gasteiger partial charge on any atom is 0.135 e. The molecule has 0 amide bonds. The summed E-state index contributed by atoms with van der Waals surface area (Å²) >= 11 is 10.2. The van der Waals surface area contributed by atoms with Crippen molar-refractivity contribution >= 4 is 39.1 Å². The molecule has 29 heavy (non-hydrogen) atoms. The number of rotatable bonds is 6. The van der Waals surface area contributed by atoms with Crippen LogP contribution in [0.1, 0.15) is 16.7 Å². The van der Waals surface area contributed by atoms with Gasteiger partial charge in [-0.25, -0.2) is 0 Å². The van der Waals surface area contributed by atoms with E-state index in [9.17, 15) is 0 Å². The third-order valence-corrected chi connectivity index (χ3v) is 6.00. The topological polar surface area (TPSA) is 24.8 Å². The minimum absolute atomic E-state index is 0.777. The maximum absolute atomic E-state index is 6.66. The number of nitrogens with zero attached hydrogens (tertiary/aromatic N) is 2. The number of hydrogen-bond donors (Lipinski definition) is 0. The van der Waals surface area contributed by atoms with Gasteiger partial charge in [0, 0.05) is 27.3 Å². The van der Waals surface area contributed by atoms with Crippen molar-refractivity contribution in [3.8, 4) is 5.75 Å². The summed E-state index contributed by atoms with van der Waals surface area (Å²) < 4.78 is 6.58. The summed E-state index contributed by atoms with van der Waals surface area (Å²) in [5.41, 5.74) is 4.54. The first-order valence-corrected chi connectivity index (χ1v) is 10.8. The Bertz CT molecular complexity index is 1040. The van der Waals surface area contributed by atoms with E-state index in [1.165, 1.54) is 0 Å². The fourth-order valence-corrected chi connectivity index (χ4v) is 4.44. The smallest absolute Gasteiger partial charge is 0.135 e. The van der Waals surface area contributed by atoms with Crippen LogP contribution in [0.4, 0.5) is 5.69 Å². The Kier molecular flexibility index (Phi) is 6.22. The van der Waals surface area contributed by atoms with E-state index in [4.69, 9.17) is 21.3 Å². The summed E-state index contributed by atoms with van der Waals surface area (Å²) in [6, 6.07) is 22.6. The van der Waals surface area contributed by atoms with Gasteiger partial charge in [0.05, 0.1) is 13.7 Å². The average molecular weight is 470 g/mol. The molecule has 148 valence electrons. The van der Waals surface area contributed by atoms with E-state index in [0.717, 1.165) is 69.4 Å². The van der Waals surface area contributed by atoms with Gasteiger partial charge in [-0.3, -0.25) is 4.99 Å². The molecule has 3 aromatic rings. The van der Waals surface area contributed by atoms with E-state index in [2.05, 4.69) is 57.2 Å². The Morgan fingerprint density at radius 3 is 2.66 bits per heavy atom. The van der Waals surface area contributed by atoms with E-state index in [1.54, 1.807) is 7.11 Å². The number of halogens is 2. The molecule has 3 aromatic carbocycles. The molecule has 0 radical (unpaired) electrons. The molecule has 0 fully saturated rings. The highest BCUT2D eigenvalue weighted by atomic mass is 79.9. The van der Waals surface area contributed by atoms with Crippen LogP contribution in [0.2, 0.25) is 5.02 Å². The van der Waals surface area contributed by atoms with Crippen LogP contribution in [0, 0.1) is 0 Å². The number of aryl methyl sites for hydroxylation is 1. The standard InChI is InChI=1S/C24H22BrClN2O/c1-29-23-13-11-18(25)16-17(23)10-12-20-21(8-5-9-22(20)26)24-27-14-15-28(24)19-6-3-2-4-7-19/h2-9,11,13,16H,10,12,14-15H2,1H3. The summed E-state index contributed by atoms with van der Waals surface area (Å²) in [6.07, 6.45) is 1.64. The Morgan fingerprint density at radius 1 is 1.03 bits per heavy atom. The van der Waals surface area contributed by atoms with Crippen molar-refractivity contribution in [2.75, 3.05) is 25.1 Å². The summed E-state index contributed by atoms with van der Waals surface area (Å²) in [5, 5.41) is 0.777. The highest BCUT2D eigenvalue weighted by molar-refractivity contribution is 9.10. The number of benzene rings is 3. The highest BCUT2D eigenvalue weighted by Gasteiger charge is 2.23. The summed E-state index contributed by atoms with van der Waals surface area (Å²) in [5.74, 6) is 1.89. The first-order valence-electron chi connectivity index (χ1n) is 9.64. The van der Waals surface area contributed by atoms with Gasteiger partial charge in [-0.15, -0.1) is 0 Å². The lowest BCUT2D eigenvalue weighted by Gasteiger charge is -2.23. The van der Waals surface area contributed by atoms with Crippen molar-refractivity contribution in [2.24, 2.45) is 4.99 Å². The van der Waals surface area contributed by atoms with Crippen LogP contribution in [0.5, 0.6) is 5.75 Å². The van der Waals surface area contributed by atoms with Gasteiger partial charge < -0.3 is 9.64 Å². The molecule has 5 heteroatoms. The minimum atomic E-state index is 0.777. The van der Waals surface area contributed by atoms with E-state index in [0.29, 0.717) is 0 Å². The predicted octanol–water partition coefficient (Wildman–Crippen LogP) is 6.16. The van der Waals surface area contributed by atoms with E-state index >= 15 is 0 Å². The Morgan fingerprint density at radius 2 is 1.86 bits per heavy atom. The van der Waals surface area contributed by atoms with Crippen molar-refractivity contribution in [3.05, 3.63) is 92.9 Å². The third kappa shape index (κ3) is 4.34. The summed E-state index contributed by atoms with van der Waals surface area (Å²) in [6.45, 7) is 1.67. The molecule has 0 bridgehead atoms. The fourth-order valence-electron chi connectivity index (χ4n) is 3.76. The quantitative estimate of drug-likeness (QED) is 0.432. The molecule has 0 atom stereocenters. The second-order valence-corrected chi connectivity index (χ2v) is 8.24. The molecule has 1 heterocycles. The number of methoxy groups -OCH3 is 1. The molecular weight excluding hydrogens is 448 g/mol. The fraction of sp³-hybridized carbons (Fsp3) is 0.208. The largest absolute Gasteiger partial charge is 0.496 e. The first kappa shape index (κ1) is 20.0. The molecule has 0 unspecified atom stereocenters. The van der Waals surface area contributed by atoms with Gasteiger partial charge in [0.25, 0.3) is 0 Å². The van der Waals surface area contributed by atoms with Crippen molar-refractivity contribution in [1.82, 2.24) is 0 Å². The van der Waals surface area contributed by atoms with E-state index in [1.807, 2.05) is 30.3 Å². The van der Waals surface area contributed by atoms with Gasteiger partial charge in [-0.1, -0.05) is 57.9 Å². The Hall–Kier alpha value is -2.30. The molecule has 0 N–H and O–H groups in total. The Labute approximate surface area is 185 Å². The molecule has 4 rings (SSSR count). The Balaban J connectivity index is 1.65. The van der Waals surface area contributed by atoms with Crippen LogP contribution >= 0.6 is 27.5 Å². The van der Waals surface area contributed by atoms with Crippen LogP contribution in [-0.2, 0) is 12.8 Å². The SMILES string of the molecule is COc1ccc(Br)cc1CCc1c(Cl)cccc1C1=NCCN1c1ccccc1. The number of hydrogen-bond acceptors (Lipinski definition) is 3. The van der Waals surface area contributed by atoms with Crippen molar-refractivity contribution < 1.29 is 4.74 Å².